The Balaban J connectivity index is 1.31. The zero-order chi connectivity index (χ0) is 27.3. The van der Waals surface area contributed by atoms with E-state index < -0.39 is 0 Å². The molecule has 0 fully saturated rings. The van der Waals surface area contributed by atoms with E-state index in [1.165, 1.54) is 0 Å². The molecule has 5 aromatic rings. The van der Waals surface area contributed by atoms with Gasteiger partial charge >= 0.3 is 0 Å². The van der Waals surface area contributed by atoms with Crippen LogP contribution in [0.2, 0.25) is 0 Å². The molecular weight excluding hydrogens is 486 g/mol. The molecule has 1 aliphatic carbocycles. The lowest BCUT2D eigenvalue weighted by Gasteiger charge is -2.15. The maximum absolute atomic E-state index is 13.8. The summed E-state index contributed by atoms with van der Waals surface area (Å²) in [6.07, 6.45) is 3.68. The molecule has 7 nitrogen and oxygen atoms in total. The van der Waals surface area contributed by atoms with E-state index in [0.717, 1.165) is 75.6 Å². The van der Waals surface area contributed by atoms with Crippen molar-refractivity contribution in [2.24, 2.45) is 0 Å². The zero-order valence-corrected chi connectivity index (χ0v) is 22.8. The van der Waals surface area contributed by atoms with Gasteiger partial charge < -0.3 is 5.32 Å². The Morgan fingerprint density at radius 2 is 1.41 bits per heavy atom. The molecule has 196 valence electrons. The molecule has 0 atom stereocenters. The number of benzene rings is 2. The summed E-state index contributed by atoms with van der Waals surface area (Å²) in [5.74, 6) is -0.372. The Hall–Kier alpha value is -4.39. The summed E-state index contributed by atoms with van der Waals surface area (Å²) >= 11 is 0. The van der Waals surface area contributed by atoms with Crippen LogP contribution >= 0.6 is 0 Å². The number of aryl methyl sites for hydroxylation is 4. The van der Waals surface area contributed by atoms with E-state index >= 15 is 0 Å². The van der Waals surface area contributed by atoms with Crippen LogP contribution in [0.25, 0.3) is 21.8 Å². The van der Waals surface area contributed by atoms with Crippen molar-refractivity contribution in [1.29, 1.82) is 0 Å². The van der Waals surface area contributed by atoms with Crippen molar-refractivity contribution in [1.82, 2.24) is 25.1 Å². The molecule has 2 aromatic carbocycles. The van der Waals surface area contributed by atoms with Crippen molar-refractivity contribution >= 4 is 33.6 Å². The molecule has 0 unspecified atom stereocenters. The molecule has 0 saturated heterocycles. The number of hydrogen-bond donors (Lipinski definition) is 1. The molecule has 3 aromatic heterocycles. The molecule has 1 amide bonds. The highest BCUT2D eigenvalue weighted by molar-refractivity contribution is 6.01. The molecule has 0 spiro atoms. The van der Waals surface area contributed by atoms with E-state index in [1.807, 2.05) is 76.2 Å². The van der Waals surface area contributed by atoms with Crippen LogP contribution in [-0.2, 0) is 19.4 Å². The summed E-state index contributed by atoms with van der Waals surface area (Å²) in [6, 6.07) is 15.8. The fourth-order valence-electron chi connectivity index (χ4n) is 5.68. The summed E-state index contributed by atoms with van der Waals surface area (Å²) in [7, 11) is 0. The van der Waals surface area contributed by atoms with Crippen molar-refractivity contribution in [3.8, 4) is 0 Å². The van der Waals surface area contributed by atoms with Crippen LogP contribution in [0.4, 0.5) is 0 Å². The highest BCUT2D eigenvalue weighted by atomic mass is 16.2. The Labute approximate surface area is 227 Å². The minimum absolute atomic E-state index is 0.177. The molecule has 0 saturated carbocycles. The van der Waals surface area contributed by atoms with Crippen LogP contribution in [0.1, 0.15) is 73.0 Å². The molecule has 7 heteroatoms. The Bertz CT molecular complexity index is 1800. The topological polar surface area (TPSA) is 89.8 Å². The van der Waals surface area contributed by atoms with Crippen LogP contribution in [-0.4, -0.2) is 31.6 Å². The Kier molecular flexibility index (Phi) is 6.22. The first-order valence-corrected chi connectivity index (χ1v) is 13.5. The second kappa shape index (κ2) is 9.73. The van der Waals surface area contributed by atoms with Gasteiger partial charge in [-0.25, -0.2) is 4.68 Å². The van der Waals surface area contributed by atoms with Crippen molar-refractivity contribution in [3.05, 3.63) is 99.1 Å². The van der Waals surface area contributed by atoms with Crippen molar-refractivity contribution in [2.75, 3.05) is 0 Å². The maximum Gasteiger partial charge on any atom is 0.280 e. The smallest absolute Gasteiger partial charge is 0.280 e. The van der Waals surface area contributed by atoms with Crippen molar-refractivity contribution < 1.29 is 9.59 Å². The van der Waals surface area contributed by atoms with Crippen LogP contribution in [0.5, 0.6) is 0 Å². The van der Waals surface area contributed by atoms with Gasteiger partial charge in [0.1, 0.15) is 0 Å². The highest BCUT2D eigenvalue weighted by Gasteiger charge is 2.26. The van der Waals surface area contributed by atoms with Crippen molar-refractivity contribution in [3.63, 3.8) is 0 Å². The average molecular weight is 518 g/mol. The van der Waals surface area contributed by atoms with Gasteiger partial charge in [-0.3, -0.25) is 19.6 Å². The van der Waals surface area contributed by atoms with Crippen LogP contribution in [0.15, 0.2) is 48.5 Å². The quantitative estimate of drug-likeness (QED) is 0.330. The minimum Gasteiger partial charge on any atom is -0.346 e. The van der Waals surface area contributed by atoms with Crippen LogP contribution < -0.4 is 5.32 Å². The first kappa shape index (κ1) is 24.9. The fraction of sp³-hybridized carbons (Fsp3) is 0.281. The second-order valence-electron chi connectivity index (χ2n) is 10.5. The van der Waals surface area contributed by atoms with Crippen molar-refractivity contribution in [2.45, 2.75) is 59.9 Å². The number of nitrogens with zero attached hydrogens (tertiary/aromatic N) is 4. The van der Waals surface area contributed by atoms with E-state index in [-0.39, 0.29) is 18.4 Å². The monoisotopic (exact) mass is 517 g/mol. The Morgan fingerprint density at radius 1 is 0.821 bits per heavy atom. The van der Waals surface area contributed by atoms with E-state index in [4.69, 9.17) is 10.1 Å². The summed E-state index contributed by atoms with van der Waals surface area (Å²) in [5, 5.41) is 9.68. The lowest BCUT2D eigenvalue weighted by Crippen LogP contribution is -2.25. The molecule has 1 N–H and O–H groups in total. The minimum atomic E-state index is -0.196. The van der Waals surface area contributed by atoms with Gasteiger partial charge in [-0.05, 0) is 82.2 Å². The molecule has 0 aliphatic heterocycles. The predicted molar refractivity (Wildman–Crippen MR) is 152 cm³/mol. The molecule has 6 rings (SSSR count). The van der Waals surface area contributed by atoms with Gasteiger partial charge in [-0.15, -0.1) is 0 Å². The normalized spacial score (nSPS) is 13.0. The number of carbonyl (C=O) groups excluding carboxylic acids is 2. The predicted octanol–water partition coefficient (Wildman–Crippen LogP) is 5.71. The number of hydrogen-bond acceptors (Lipinski definition) is 5. The number of pyridine rings is 2. The fourth-order valence-corrected chi connectivity index (χ4v) is 5.68. The highest BCUT2D eigenvalue weighted by Crippen LogP contribution is 2.27. The van der Waals surface area contributed by atoms with E-state index in [2.05, 4.69) is 10.3 Å². The third-order valence-electron chi connectivity index (χ3n) is 7.82. The number of amides is 1. The maximum atomic E-state index is 13.8. The van der Waals surface area contributed by atoms with Gasteiger partial charge in [0.2, 0.25) is 0 Å². The van der Waals surface area contributed by atoms with Gasteiger partial charge in [0.15, 0.2) is 0 Å². The largest absolute Gasteiger partial charge is 0.346 e. The first-order valence-electron chi connectivity index (χ1n) is 13.5. The second-order valence-corrected chi connectivity index (χ2v) is 10.5. The summed E-state index contributed by atoms with van der Waals surface area (Å²) in [5.41, 5.74) is 9.21. The zero-order valence-electron chi connectivity index (χ0n) is 22.8. The van der Waals surface area contributed by atoms with E-state index in [9.17, 15) is 9.59 Å². The van der Waals surface area contributed by atoms with E-state index in [1.54, 1.807) is 4.68 Å². The Morgan fingerprint density at radius 3 is 2.08 bits per heavy atom. The molecule has 0 radical (unpaired) electrons. The molecule has 3 heterocycles. The molecular formula is C32H31N5O2. The molecule has 39 heavy (non-hydrogen) atoms. The number of para-hydroxylation sites is 2. The van der Waals surface area contributed by atoms with Crippen LogP contribution in [0, 0.1) is 27.7 Å². The number of fused-ring (bicyclic) bond motifs is 3. The average Bonchev–Trinajstić information content (AvgIpc) is 3.30. The number of aromatic nitrogens is 4. The van der Waals surface area contributed by atoms with Gasteiger partial charge in [-0.2, -0.15) is 5.10 Å². The van der Waals surface area contributed by atoms with Gasteiger partial charge in [0.25, 0.3) is 11.8 Å². The third kappa shape index (κ3) is 4.38. The standard InChI is InChI=1S/C32H31N5O2/c1-18-9-7-11-22-15-25(20(3)34-29(18)22)31(38)33-17-27-24-13-5-6-14-28(24)37(36-27)32(39)26-16-23-12-8-10-19(2)30(23)35-21(26)4/h7-12,15-16H,5-6,13-14,17H2,1-4H3,(H,33,38). The van der Waals surface area contributed by atoms with Gasteiger partial charge in [0.05, 0.1) is 51.5 Å². The lowest BCUT2D eigenvalue weighted by atomic mass is 9.95. The van der Waals surface area contributed by atoms with E-state index in [0.29, 0.717) is 22.5 Å². The van der Waals surface area contributed by atoms with Gasteiger partial charge in [-0.1, -0.05) is 36.4 Å². The number of carbonyl (C=O) groups is 2. The van der Waals surface area contributed by atoms with Gasteiger partial charge in [0, 0.05) is 10.8 Å². The summed E-state index contributed by atoms with van der Waals surface area (Å²) in [6.45, 7) is 8.03. The number of nitrogens with one attached hydrogen (secondary N) is 1. The third-order valence-corrected chi connectivity index (χ3v) is 7.82. The SMILES string of the molecule is Cc1nc2c(C)cccc2cc1C(=O)NCc1nn(C(=O)c2cc3cccc(C)c3nc2C)c2c1CCCC2. The summed E-state index contributed by atoms with van der Waals surface area (Å²) < 4.78 is 1.55. The first-order chi connectivity index (χ1) is 18.8. The summed E-state index contributed by atoms with van der Waals surface area (Å²) in [4.78, 5) is 36.5. The number of rotatable bonds is 4. The molecule has 1 aliphatic rings. The van der Waals surface area contributed by atoms with Crippen LogP contribution in [0.3, 0.4) is 0 Å². The lowest BCUT2D eigenvalue weighted by molar-refractivity contribution is 0.0939. The molecule has 0 bridgehead atoms.